The maximum absolute atomic E-state index is 13.1. The van der Waals surface area contributed by atoms with Crippen molar-refractivity contribution in [1.82, 2.24) is 10.2 Å². The fourth-order valence-electron chi connectivity index (χ4n) is 4.80. The quantitative estimate of drug-likeness (QED) is 0.596. The van der Waals surface area contributed by atoms with Gasteiger partial charge < -0.3 is 15.4 Å². The molecule has 1 aliphatic carbocycles. The molecule has 2 fully saturated rings. The highest BCUT2D eigenvalue weighted by Crippen LogP contribution is 2.46. The van der Waals surface area contributed by atoms with Crippen LogP contribution >= 0.6 is 0 Å². The number of hydrogen-bond donors (Lipinski definition) is 2. The van der Waals surface area contributed by atoms with Gasteiger partial charge in [0.2, 0.25) is 5.91 Å². The Labute approximate surface area is 170 Å². The van der Waals surface area contributed by atoms with Crippen LogP contribution in [0.3, 0.4) is 0 Å². The zero-order chi connectivity index (χ0) is 21.4. The average molecular weight is 401 g/mol. The van der Waals surface area contributed by atoms with Crippen molar-refractivity contribution in [3.8, 4) is 0 Å². The van der Waals surface area contributed by atoms with Gasteiger partial charge in [0.15, 0.2) is 0 Å². The van der Waals surface area contributed by atoms with Crippen LogP contribution in [-0.4, -0.2) is 47.9 Å². The second kappa shape index (κ2) is 7.50. The SMILES string of the molecule is COC(=O)c1ccc(NC(=O)CN2C(=O)NC3(CC(C)CC(C)(C)C3)C2=O)cc1. The van der Waals surface area contributed by atoms with Crippen LogP contribution in [0.15, 0.2) is 24.3 Å². The smallest absolute Gasteiger partial charge is 0.337 e. The summed E-state index contributed by atoms with van der Waals surface area (Å²) in [4.78, 5) is 50.4. The fourth-order valence-corrected chi connectivity index (χ4v) is 4.80. The van der Waals surface area contributed by atoms with Crippen LogP contribution in [0.2, 0.25) is 0 Å². The van der Waals surface area contributed by atoms with E-state index in [0.717, 1.165) is 11.3 Å². The number of anilines is 1. The highest BCUT2D eigenvalue weighted by atomic mass is 16.5. The molecule has 1 heterocycles. The third-order valence-corrected chi connectivity index (χ3v) is 5.52. The maximum atomic E-state index is 13.1. The van der Waals surface area contributed by atoms with Crippen LogP contribution in [0.5, 0.6) is 0 Å². The Hall–Kier alpha value is -2.90. The molecule has 156 valence electrons. The zero-order valence-corrected chi connectivity index (χ0v) is 17.2. The van der Waals surface area contributed by atoms with E-state index < -0.39 is 23.4 Å². The molecule has 0 bridgehead atoms. The van der Waals surface area contributed by atoms with Gasteiger partial charge in [-0.25, -0.2) is 9.59 Å². The summed E-state index contributed by atoms with van der Waals surface area (Å²) < 4.78 is 4.63. The van der Waals surface area contributed by atoms with Gasteiger partial charge in [0.05, 0.1) is 12.7 Å². The molecule has 1 aromatic carbocycles. The number of rotatable bonds is 4. The summed E-state index contributed by atoms with van der Waals surface area (Å²) in [7, 11) is 1.29. The standard InChI is InChI=1S/C21H27N3O5/c1-13-9-20(2,3)12-21(10-13)18(27)24(19(28)23-21)11-16(25)22-15-7-5-14(6-8-15)17(26)29-4/h5-8,13H,9-12H2,1-4H3,(H,22,25)(H,23,28). The van der Waals surface area contributed by atoms with E-state index >= 15 is 0 Å². The van der Waals surface area contributed by atoms with Crippen molar-refractivity contribution in [2.75, 3.05) is 19.0 Å². The van der Waals surface area contributed by atoms with E-state index in [1.807, 2.05) is 0 Å². The number of nitrogens with zero attached hydrogens (tertiary/aromatic N) is 1. The molecule has 1 aliphatic heterocycles. The van der Waals surface area contributed by atoms with E-state index in [4.69, 9.17) is 0 Å². The van der Waals surface area contributed by atoms with Gasteiger partial charge in [-0.1, -0.05) is 20.8 Å². The molecular formula is C21H27N3O5. The number of nitrogens with one attached hydrogen (secondary N) is 2. The second-order valence-corrected chi connectivity index (χ2v) is 8.88. The lowest BCUT2D eigenvalue weighted by Gasteiger charge is -2.43. The second-order valence-electron chi connectivity index (χ2n) is 8.88. The van der Waals surface area contributed by atoms with E-state index in [-0.39, 0.29) is 17.9 Å². The normalized spacial score (nSPS) is 25.7. The number of esters is 1. The molecule has 2 atom stereocenters. The summed E-state index contributed by atoms with van der Waals surface area (Å²) in [6.07, 6.45) is 2.12. The molecule has 4 amide bonds. The van der Waals surface area contributed by atoms with Gasteiger partial charge in [0.1, 0.15) is 12.1 Å². The minimum atomic E-state index is -0.930. The Morgan fingerprint density at radius 3 is 2.45 bits per heavy atom. The van der Waals surface area contributed by atoms with Gasteiger partial charge in [-0.15, -0.1) is 0 Å². The molecule has 1 aromatic rings. The van der Waals surface area contributed by atoms with Gasteiger partial charge in [0, 0.05) is 5.69 Å². The van der Waals surface area contributed by atoms with Crippen molar-refractivity contribution < 1.29 is 23.9 Å². The van der Waals surface area contributed by atoms with E-state index in [1.165, 1.54) is 19.2 Å². The highest BCUT2D eigenvalue weighted by Gasteiger charge is 2.56. The summed E-state index contributed by atoms with van der Waals surface area (Å²) in [5.74, 6) is -1.000. The molecule has 29 heavy (non-hydrogen) atoms. The van der Waals surface area contributed by atoms with Crippen molar-refractivity contribution in [3.63, 3.8) is 0 Å². The fraction of sp³-hybridized carbons (Fsp3) is 0.524. The molecule has 8 nitrogen and oxygen atoms in total. The van der Waals surface area contributed by atoms with Crippen molar-refractivity contribution >= 4 is 29.5 Å². The lowest BCUT2D eigenvalue weighted by atomic mass is 9.64. The van der Waals surface area contributed by atoms with Gasteiger partial charge in [-0.3, -0.25) is 14.5 Å². The molecule has 1 saturated carbocycles. The van der Waals surface area contributed by atoms with E-state index in [2.05, 4.69) is 36.1 Å². The van der Waals surface area contributed by atoms with Gasteiger partial charge in [-0.05, 0) is 54.9 Å². The Kier molecular flexibility index (Phi) is 5.38. The Morgan fingerprint density at radius 1 is 1.21 bits per heavy atom. The molecule has 2 N–H and O–H groups in total. The van der Waals surface area contributed by atoms with Crippen LogP contribution in [-0.2, 0) is 14.3 Å². The van der Waals surface area contributed by atoms with E-state index in [0.29, 0.717) is 30.0 Å². The van der Waals surface area contributed by atoms with Gasteiger partial charge in [-0.2, -0.15) is 0 Å². The van der Waals surface area contributed by atoms with Crippen molar-refractivity contribution in [3.05, 3.63) is 29.8 Å². The minimum absolute atomic E-state index is 0.0692. The number of carbonyl (C=O) groups is 4. The molecule has 0 aromatic heterocycles. The minimum Gasteiger partial charge on any atom is -0.465 e. The predicted octanol–water partition coefficient (Wildman–Crippen LogP) is 2.55. The highest BCUT2D eigenvalue weighted by molar-refractivity contribution is 6.10. The number of benzene rings is 1. The molecular weight excluding hydrogens is 374 g/mol. The molecule has 1 saturated heterocycles. The van der Waals surface area contributed by atoms with Crippen molar-refractivity contribution in [1.29, 1.82) is 0 Å². The maximum Gasteiger partial charge on any atom is 0.337 e. The largest absolute Gasteiger partial charge is 0.465 e. The number of methoxy groups -OCH3 is 1. The Morgan fingerprint density at radius 2 is 1.86 bits per heavy atom. The topological polar surface area (TPSA) is 105 Å². The summed E-state index contributed by atoms with van der Waals surface area (Å²) in [5, 5.41) is 5.50. The van der Waals surface area contributed by atoms with Crippen LogP contribution in [0.4, 0.5) is 10.5 Å². The molecule has 0 radical (unpaired) electrons. The lowest BCUT2D eigenvalue weighted by Crippen LogP contribution is -2.54. The monoisotopic (exact) mass is 401 g/mol. The summed E-state index contributed by atoms with van der Waals surface area (Å²) in [6.45, 7) is 5.91. The van der Waals surface area contributed by atoms with Gasteiger partial charge in [0.25, 0.3) is 5.91 Å². The van der Waals surface area contributed by atoms with E-state index in [1.54, 1.807) is 12.1 Å². The van der Waals surface area contributed by atoms with Gasteiger partial charge >= 0.3 is 12.0 Å². The molecule has 1 spiro atoms. The number of carbonyl (C=O) groups excluding carboxylic acids is 4. The molecule has 3 rings (SSSR count). The lowest BCUT2D eigenvalue weighted by molar-refractivity contribution is -0.136. The first-order valence-electron chi connectivity index (χ1n) is 9.68. The summed E-state index contributed by atoms with van der Waals surface area (Å²) >= 11 is 0. The number of imide groups is 1. The predicted molar refractivity (Wildman–Crippen MR) is 106 cm³/mol. The van der Waals surface area contributed by atoms with Crippen LogP contribution in [0.25, 0.3) is 0 Å². The number of amides is 4. The van der Waals surface area contributed by atoms with E-state index in [9.17, 15) is 19.2 Å². The van der Waals surface area contributed by atoms with Crippen LogP contribution < -0.4 is 10.6 Å². The van der Waals surface area contributed by atoms with Crippen molar-refractivity contribution in [2.24, 2.45) is 11.3 Å². The molecule has 2 unspecified atom stereocenters. The van der Waals surface area contributed by atoms with Crippen LogP contribution in [0.1, 0.15) is 50.4 Å². The number of ether oxygens (including phenoxy) is 1. The third kappa shape index (κ3) is 4.26. The first kappa shape index (κ1) is 20.8. The number of hydrogen-bond acceptors (Lipinski definition) is 5. The van der Waals surface area contributed by atoms with Crippen molar-refractivity contribution in [2.45, 2.75) is 45.6 Å². The first-order chi connectivity index (χ1) is 13.5. The third-order valence-electron chi connectivity index (χ3n) is 5.52. The van der Waals surface area contributed by atoms with Crippen LogP contribution in [0, 0.1) is 11.3 Å². The Balaban J connectivity index is 1.67. The molecule has 8 heteroatoms. The number of urea groups is 1. The Bertz CT molecular complexity index is 848. The zero-order valence-electron chi connectivity index (χ0n) is 17.2. The molecule has 2 aliphatic rings. The summed E-state index contributed by atoms with van der Waals surface area (Å²) in [6, 6.07) is 5.63. The average Bonchev–Trinajstić information content (AvgIpc) is 2.83. The summed E-state index contributed by atoms with van der Waals surface area (Å²) in [5.41, 5.74) is -0.187. The first-order valence-corrected chi connectivity index (χ1v) is 9.68.